The van der Waals surface area contributed by atoms with Crippen molar-refractivity contribution in [3.8, 4) is 5.75 Å². The average Bonchev–Trinajstić information content (AvgIpc) is 2.77. The third-order valence-electron chi connectivity index (χ3n) is 4.95. The van der Waals surface area contributed by atoms with Gasteiger partial charge in [-0.3, -0.25) is 4.79 Å². The molecule has 0 heterocycles. The van der Waals surface area contributed by atoms with Gasteiger partial charge in [0.2, 0.25) is 5.91 Å². The minimum absolute atomic E-state index is 0.418. The van der Waals surface area contributed by atoms with E-state index < -0.39 is 5.91 Å². The minimum Gasteiger partial charge on any atom is -0.489 e. The van der Waals surface area contributed by atoms with Crippen molar-refractivity contribution >= 4 is 27.4 Å². The Balaban J connectivity index is 1.74. The van der Waals surface area contributed by atoms with Crippen LogP contribution in [0.4, 0.5) is 0 Å². The monoisotopic (exact) mass is 475 g/mol. The number of carbonyl (C=O) groups excluding carboxylic acids is 1. The van der Waals surface area contributed by atoms with Gasteiger partial charge in [0, 0.05) is 10.0 Å². The molecule has 3 nitrogen and oxygen atoms in total. The van der Waals surface area contributed by atoms with Crippen molar-refractivity contribution in [1.29, 1.82) is 0 Å². The molecule has 0 fully saturated rings. The van der Waals surface area contributed by atoms with Crippen LogP contribution in [0.2, 0.25) is 0 Å². The van der Waals surface area contributed by atoms with E-state index in [2.05, 4.69) is 53.2 Å². The predicted molar refractivity (Wildman–Crippen MR) is 131 cm³/mol. The van der Waals surface area contributed by atoms with Gasteiger partial charge < -0.3 is 10.5 Å². The Kier molecular flexibility index (Phi) is 7.85. The quantitative estimate of drug-likeness (QED) is 0.367. The highest BCUT2D eigenvalue weighted by Gasteiger charge is 2.07. The highest BCUT2D eigenvalue weighted by Crippen LogP contribution is 2.27. The number of amides is 1. The van der Waals surface area contributed by atoms with E-state index in [-0.39, 0.29) is 0 Å². The maximum absolute atomic E-state index is 11.4. The Morgan fingerprint density at radius 3 is 2.42 bits per heavy atom. The van der Waals surface area contributed by atoms with Crippen LogP contribution < -0.4 is 10.5 Å². The summed E-state index contributed by atoms with van der Waals surface area (Å²) in [5.74, 6) is 0.466. The zero-order chi connectivity index (χ0) is 22.2. The van der Waals surface area contributed by atoms with Crippen LogP contribution in [0.15, 0.2) is 95.0 Å². The number of nitrogens with two attached hydrogens (primary N) is 1. The first-order valence-corrected chi connectivity index (χ1v) is 10.9. The predicted octanol–water partition coefficient (Wildman–Crippen LogP) is 6.72. The first-order valence-electron chi connectivity index (χ1n) is 10.1. The van der Waals surface area contributed by atoms with E-state index in [0.717, 1.165) is 38.9 Å². The summed E-state index contributed by atoms with van der Waals surface area (Å²) in [6.07, 6.45) is 4.95. The number of ether oxygens (including phenoxy) is 1. The van der Waals surface area contributed by atoms with Crippen LogP contribution in [0, 0.1) is 0 Å². The van der Waals surface area contributed by atoms with Crippen molar-refractivity contribution in [3.63, 3.8) is 0 Å². The molecule has 3 rings (SSSR count). The summed E-state index contributed by atoms with van der Waals surface area (Å²) in [6, 6.07) is 23.6. The van der Waals surface area contributed by atoms with Crippen LogP contribution in [0.3, 0.4) is 0 Å². The molecule has 2 N–H and O–H groups in total. The summed E-state index contributed by atoms with van der Waals surface area (Å²) >= 11 is 3.57. The van der Waals surface area contributed by atoms with Crippen LogP contribution >= 0.6 is 15.9 Å². The van der Waals surface area contributed by atoms with E-state index in [1.807, 2.05) is 55.5 Å². The number of primary amides is 1. The van der Waals surface area contributed by atoms with Crippen LogP contribution in [0.5, 0.6) is 5.75 Å². The van der Waals surface area contributed by atoms with Gasteiger partial charge in [-0.15, -0.1) is 0 Å². The molecule has 4 heteroatoms. The van der Waals surface area contributed by atoms with Gasteiger partial charge >= 0.3 is 0 Å². The van der Waals surface area contributed by atoms with E-state index in [1.165, 1.54) is 5.57 Å². The second kappa shape index (κ2) is 10.8. The van der Waals surface area contributed by atoms with Gasteiger partial charge in [-0.05, 0) is 72.9 Å². The van der Waals surface area contributed by atoms with Crippen LogP contribution in [-0.4, -0.2) is 5.91 Å². The molecule has 3 aromatic carbocycles. The second-order valence-corrected chi connectivity index (χ2v) is 8.43. The maximum Gasteiger partial charge on any atom is 0.248 e. The van der Waals surface area contributed by atoms with Gasteiger partial charge in [0.15, 0.2) is 0 Å². The van der Waals surface area contributed by atoms with Crippen LogP contribution in [0.1, 0.15) is 40.9 Å². The van der Waals surface area contributed by atoms with E-state index in [0.29, 0.717) is 12.2 Å². The van der Waals surface area contributed by atoms with Gasteiger partial charge in [-0.1, -0.05) is 76.1 Å². The normalized spacial score (nSPS) is 12.0. The molecule has 0 unspecified atom stereocenters. The summed E-state index contributed by atoms with van der Waals surface area (Å²) in [7, 11) is 0. The fourth-order valence-electron chi connectivity index (χ4n) is 3.20. The summed E-state index contributed by atoms with van der Waals surface area (Å²) in [5, 5.41) is 0. The number of carbonyl (C=O) groups is 1. The standard InChI is InChI=1S/C27H26BrNO2/c1-19(11-12-20(2)22-9-6-10-23(16-22)27(29)30)15-24-17-25(28)13-14-26(24)31-18-21-7-4-3-5-8-21/h3-14,16-17H,15,18H2,1-2H3,(H2,29,30)/b19-11-,20-12+. The lowest BCUT2D eigenvalue weighted by Gasteiger charge is -2.13. The molecule has 0 aliphatic heterocycles. The molecule has 158 valence electrons. The van der Waals surface area contributed by atoms with Crippen molar-refractivity contribution in [2.24, 2.45) is 5.73 Å². The molecule has 0 bridgehead atoms. The highest BCUT2D eigenvalue weighted by atomic mass is 79.9. The molecule has 0 aromatic heterocycles. The Labute approximate surface area is 192 Å². The molecular formula is C27H26BrNO2. The Bertz CT molecular complexity index is 1120. The molecule has 0 radical (unpaired) electrons. The third kappa shape index (κ3) is 6.69. The van der Waals surface area contributed by atoms with E-state index in [1.54, 1.807) is 6.07 Å². The van der Waals surface area contributed by atoms with Crippen LogP contribution in [-0.2, 0) is 13.0 Å². The lowest BCUT2D eigenvalue weighted by Crippen LogP contribution is -2.10. The SMILES string of the molecule is C/C(=C/C=C(\C)c1cccc(C(N)=O)c1)Cc1cc(Br)ccc1OCc1ccccc1. The molecule has 0 aliphatic carbocycles. The highest BCUT2D eigenvalue weighted by molar-refractivity contribution is 9.10. The van der Waals surface area contributed by atoms with Gasteiger partial charge in [-0.2, -0.15) is 0 Å². The molecule has 0 saturated carbocycles. The minimum atomic E-state index is -0.418. The Hall–Kier alpha value is -3.11. The molecule has 0 spiro atoms. The third-order valence-corrected chi connectivity index (χ3v) is 5.44. The van der Waals surface area contributed by atoms with Gasteiger partial charge in [0.25, 0.3) is 0 Å². The Morgan fingerprint density at radius 2 is 1.68 bits per heavy atom. The van der Waals surface area contributed by atoms with E-state index in [9.17, 15) is 4.79 Å². The summed E-state index contributed by atoms with van der Waals surface area (Å²) in [4.78, 5) is 11.4. The molecule has 0 aliphatic rings. The fraction of sp³-hybridized carbons (Fsp3) is 0.148. The summed E-state index contributed by atoms with van der Waals surface area (Å²) in [6.45, 7) is 4.66. The molecule has 1 amide bonds. The van der Waals surface area contributed by atoms with Crippen molar-refractivity contribution in [1.82, 2.24) is 0 Å². The second-order valence-electron chi connectivity index (χ2n) is 7.51. The summed E-state index contributed by atoms with van der Waals surface area (Å²) in [5.41, 5.74) is 11.4. The number of allylic oxidation sites excluding steroid dienone is 4. The van der Waals surface area contributed by atoms with Gasteiger partial charge in [0.05, 0.1) is 0 Å². The fourth-order valence-corrected chi connectivity index (χ4v) is 3.61. The first kappa shape index (κ1) is 22.6. The smallest absolute Gasteiger partial charge is 0.248 e. The zero-order valence-electron chi connectivity index (χ0n) is 17.8. The zero-order valence-corrected chi connectivity index (χ0v) is 19.4. The largest absolute Gasteiger partial charge is 0.489 e. The summed E-state index contributed by atoms with van der Waals surface area (Å²) < 4.78 is 7.13. The molecule has 0 saturated heterocycles. The number of hydrogen-bond acceptors (Lipinski definition) is 2. The Morgan fingerprint density at radius 1 is 0.935 bits per heavy atom. The van der Waals surface area contributed by atoms with Gasteiger partial charge in [-0.25, -0.2) is 0 Å². The van der Waals surface area contributed by atoms with Crippen molar-refractivity contribution in [2.45, 2.75) is 26.9 Å². The number of rotatable bonds is 8. The van der Waals surface area contributed by atoms with E-state index >= 15 is 0 Å². The topological polar surface area (TPSA) is 52.3 Å². The molecule has 31 heavy (non-hydrogen) atoms. The van der Waals surface area contributed by atoms with Crippen molar-refractivity contribution in [2.75, 3.05) is 0 Å². The average molecular weight is 476 g/mol. The number of benzene rings is 3. The molecular weight excluding hydrogens is 450 g/mol. The molecule has 3 aromatic rings. The lowest BCUT2D eigenvalue weighted by molar-refractivity contribution is 0.100. The number of hydrogen-bond donors (Lipinski definition) is 1. The first-order chi connectivity index (χ1) is 14.9. The lowest BCUT2D eigenvalue weighted by atomic mass is 10.0. The van der Waals surface area contributed by atoms with Crippen LogP contribution in [0.25, 0.3) is 5.57 Å². The molecule has 0 atom stereocenters. The van der Waals surface area contributed by atoms with E-state index in [4.69, 9.17) is 10.5 Å². The van der Waals surface area contributed by atoms with Crippen molar-refractivity contribution in [3.05, 3.63) is 117 Å². The van der Waals surface area contributed by atoms with Gasteiger partial charge in [0.1, 0.15) is 12.4 Å². The number of halogens is 1. The van der Waals surface area contributed by atoms with Crippen molar-refractivity contribution < 1.29 is 9.53 Å². The maximum atomic E-state index is 11.4.